The molecule has 0 aromatic heterocycles. The highest BCUT2D eigenvalue weighted by Crippen LogP contribution is 2.30. The van der Waals surface area contributed by atoms with E-state index >= 15 is 0 Å². The van der Waals surface area contributed by atoms with E-state index in [1.54, 1.807) is 26.3 Å². The van der Waals surface area contributed by atoms with Gasteiger partial charge in [0.25, 0.3) is 0 Å². The summed E-state index contributed by atoms with van der Waals surface area (Å²) in [5.41, 5.74) is 7.06. The van der Waals surface area contributed by atoms with E-state index in [2.05, 4.69) is 5.32 Å². The molecule has 0 fully saturated rings. The second kappa shape index (κ2) is 5.00. The third-order valence-corrected chi connectivity index (χ3v) is 2.57. The number of aliphatic hydroxyl groups excluding tert-OH is 1. The number of nitrogen functional groups attached to an aromatic ring is 1. The number of anilines is 1. The van der Waals surface area contributed by atoms with Crippen LogP contribution in [-0.2, 0) is 0 Å². The normalized spacial score (nSPS) is 14.7. The van der Waals surface area contributed by atoms with Crippen molar-refractivity contribution in [1.29, 1.82) is 0 Å². The van der Waals surface area contributed by atoms with Gasteiger partial charge < -0.3 is 20.9 Å². The van der Waals surface area contributed by atoms with E-state index in [1.807, 2.05) is 13.0 Å². The Bertz CT molecular complexity index is 328. The van der Waals surface area contributed by atoms with Gasteiger partial charge in [-0.1, -0.05) is 12.1 Å². The summed E-state index contributed by atoms with van der Waals surface area (Å²) in [4.78, 5) is 0. The van der Waals surface area contributed by atoms with Gasteiger partial charge in [-0.2, -0.15) is 0 Å². The largest absolute Gasteiger partial charge is 0.495 e. The zero-order valence-corrected chi connectivity index (χ0v) is 9.32. The molecular formula is C11H18N2O2. The first-order chi connectivity index (χ1) is 7.11. The molecule has 0 heterocycles. The Morgan fingerprint density at radius 2 is 2.13 bits per heavy atom. The molecule has 4 heteroatoms. The van der Waals surface area contributed by atoms with Crippen molar-refractivity contribution in [2.75, 3.05) is 19.9 Å². The highest BCUT2D eigenvalue weighted by molar-refractivity contribution is 5.59. The number of ether oxygens (including phenoxy) is 1. The van der Waals surface area contributed by atoms with Crippen molar-refractivity contribution in [3.63, 3.8) is 0 Å². The third kappa shape index (κ3) is 2.40. The molecule has 1 rings (SSSR count). The van der Waals surface area contributed by atoms with E-state index in [-0.39, 0.29) is 6.04 Å². The summed E-state index contributed by atoms with van der Waals surface area (Å²) in [6.45, 7) is 1.89. The Morgan fingerprint density at radius 1 is 1.47 bits per heavy atom. The van der Waals surface area contributed by atoms with Crippen LogP contribution in [0.25, 0.3) is 0 Å². The Kier molecular flexibility index (Phi) is 3.94. The summed E-state index contributed by atoms with van der Waals surface area (Å²) in [5, 5.41) is 13.0. The lowest BCUT2D eigenvalue weighted by molar-refractivity contribution is 0.140. The summed E-state index contributed by atoms with van der Waals surface area (Å²) in [7, 11) is 3.35. The molecule has 2 atom stereocenters. The summed E-state index contributed by atoms with van der Waals surface area (Å²) in [6.07, 6.45) is -0.634. The predicted octanol–water partition coefficient (Wildman–Crippen LogP) is 0.919. The Balaban J connectivity index is 3.03. The molecular weight excluding hydrogens is 192 g/mol. The topological polar surface area (TPSA) is 67.5 Å². The maximum atomic E-state index is 9.99. The summed E-state index contributed by atoms with van der Waals surface area (Å²) in [5.74, 6) is 0.592. The molecule has 0 aliphatic heterocycles. The molecule has 84 valence electrons. The molecule has 0 amide bonds. The fourth-order valence-corrected chi connectivity index (χ4v) is 1.42. The fourth-order valence-electron chi connectivity index (χ4n) is 1.42. The molecule has 0 saturated carbocycles. The molecule has 0 aliphatic rings. The van der Waals surface area contributed by atoms with Gasteiger partial charge >= 0.3 is 0 Å². The standard InChI is InChI=1S/C11H18N2O2/c1-7(13-2)11(14)8-5-4-6-9(15-3)10(8)12/h4-7,11,13-14H,12H2,1-3H3. The number of aliphatic hydroxyl groups is 1. The van der Waals surface area contributed by atoms with Crippen LogP contribution in [0.2, 0.25) is 0 Å². The number of benzene rings is 1. The van der Waals surface area contributed by atoms with Crippen molar-refractivity contribution in [2.45, 2.75) is 19.1 Å². The van der Waals surface area contributed by atoms with Gasteiger partial charge in [-0.15, -0.1) is 0 Å². The molecule has 0 saturated heterocycles. The first kappa shape index (κ1) is 11.8. The Hall–Kier alpha value is -1.26. The predicted molar refractivity (Wildman–Crippen MR) is 60.9 cm³/mol. The molecule has 0 aliphatic carbocycles. The number of nitrogens with two attached hydrogens (primary N) is 1. The number of methoxy groups -OCH3 is 1. The number of nitrogens with one attached hydrogen (secondary N) is 1. The number of para-hydroxylation sites is 1. The van der Waals surface area contributed by atoms with E-state index in [4.69, 9.17) is 10.5 Å². The number of likely N-dealkylation sites (N-methyl/N-ethyl adjacent to an activating group) is 1. The zero-order chi connectivity index (χ0) is 11.4. The van der Waals surface area contributed by atoms with Gasteiger partial charge in [0.15, 0.2) is 0 Å². The second-order valence-electron chi connectivity index (χ2n) is 3.49. The Labute approximate surface area is 90.1 Å². The monoisotopic (exact) mass is 210 g/mol. The molecule has 4 nitrogen and oxygen atoms in total. The van der Waals surface area contributed by atoms with E-state index in [9.17, 15) is 5.11 Å². The van der Waals surface area contributed by atoms with E-state index < -0.39 is 6.10 Å². The fraction of sp³-hybridized carbons (Fsp3) is 0.455. The van der Waals surface area contributed by atoms with Gasteiger partial charge in [-0.25, -0.2) is 0 Å². The minimum Gasteiger partial charge on any atom is -0.495 e. The van der Waals surface area contributed by atoms with Gasteiger partial charge in [0.05, 0.1) is 18.9 Å². The zero-order valence-electron chi connectivity index (χ0n) is 9.32. The van der Waals surface area contributed by atoms with E-state index in [0.717, 1.165) is 0 Å². The van der Waals surface area contributed by atoms with E-state index in [0.29, 0.717) is 17.0 Å². The summed E-state index contributed by atoms with van der Waals surface area (Å²) in [6, 6.07) is 5.33. The molecule has 0 radical (unpaired) electrons. The highest BCUT2D eigenvalue weighted by atomic mass is 16.5. The minimum atomic E-state index is -0.634. The van der Waals surface area contributed by atoms with Crippen LogP contribution in [0.5, 0.6) is 5.75 Å². The highest BCUT2D eigenvalue weighted by Gasteiger charge is 2.18. The molecule has 15 heavy (non-hydrogen) atoms. The maximum absolute atomic E-state index is 9.99. The Morgan fingerprint density at radius 3 is 2.67 bits per heavy atom. The van der Waals surface area contributed by atoms with Crippen molar-refractivity contribution in [3.05, 3.63) is 23.8 Å². The lowest BCUT2D eigenvalue weighted by Crippen LogP contribution is -2.29. The molecule has 0 spiro atoms. The average molecular weight is 210 g/mol. The quantitative estimate of drug-likeness (QED) is 0.646. The second-order valence-corrected chi connectivity index (χ2v) is 3.49. The molecule has 0 bridgehead atoms. The molecule has 2 unspecified atom stereocenters. The van der Waals surface area contributed by atoms with Crippen LogP contribution in [0.4, 0.5) is 5.69 Å². The minimum absolute atomic E-state index is 0.0561. The number of rotatable bonds is 4. The summed E-state index contributed by atoms with van der Waals surface area (Å²) < 4.78 is 5.09. The van der Waals surface area contributed by atoms with Crippen LogP contribution in [0.3, 0.4) is 0 Å². The van der Waals surface area contributed by atoms with Crippen molar-refractivity contribution >= 4 is 5.69 Å². The van der Waals surface area contributed by atoms with Crippen molar-refractivity contribution in [2.24, 2.45) is 0 Å². The smallest absolute Gasteiger partial charge is 0.142 e. The van der Waals surface area contributed by atoms with Crippen molar-refractivity contribution in [1.82, 2.24) is 5.32 Å². The first-order valence-electron chi connectivity index (χ1n) is 4.89. The maximum Gasteiger partial charge on any atom is 0.142 e. The van der Waals surface area contributed by atoms with Gasteiger partial charge in [-0.3, -0.25) is 0 Å². The molecule has 1 aromatic carbocycles. The van der Waals surface area contributed by atoms with Crippen LogP contribution >= 0.6 is 0 Å². The SMILES string of the molecule is CNC(C)C(O)c1cccc(OC)c1N. The lowest BCUT2D eigenvalue weighted by Gasteiger charge is -2.20. The van der Waals surface area contributed by atoms with Gasteiger partial charge in [0, 0.05) is 11.6 Å². The molecule has 1 aromatic rings. The number of hydrogen-bond donors (Lipinski definition) is 3. The van der Waals surface area contributed by atoms with Gasteiger partial charge in [0.1, 0.15) is 5.75 Å². The van der Waals surface area contributed by atoms with Crippen LogP contribution in [0.1, 0.15) is 18.6 Å². The third-order valence-electron chi connectivity index (χ3n) is 2.57. The van der Waals surface area contributed by atoms with Crippen LogP contribution < -0.4 is 15.8 Å². The number of hydrogen-bond acceptors (Lipinski definition) is 4. The van der Waals surface area contributed by atoms with E-state index in [1.165, 1.54) is 0 Å². The van der Waals surface area contributed by atoms with Crippen LogP contribution in [0, 0.1) is 0 Å². The van der Waals surface area contributed by atoms with Crippen molar-refractivity contribution < 1.29 is 9.84 Å². The van der Waals surface area contributed by atoms with Crippen molar-refractivity contribution in [3.8, 4) is 5.75 Å². The molecule has 4 N–H and O–H groups in total. The average Bonchev–Trinajstić information content (AvgIpc) is 2.27. The van der Waals surface area contributed by atoms with Gasteiger partial charge in [0.2, 0.25) is 0 Å². The van der Waals surface area contributed by atoms with Gasteiger partial charge in [-0.05, 0) is 20.0 Å². The van der Waals surface area contributed by atoms with Crippen LogP contribution in [0.15, 0.2) is 18.2 Å². The first-order valence-corrected chi connectivity index (χ1v) is 4.89. The van der Waals surface area contributed by atoms with Crippen LogP contribution in [-0.4, -0.2) is 25.3 Å². The lowest BCUT2D eigenvalue weighted by atomic mass is 10.0. The summed E-state index contributed by atoms with van der Waals surface area (Å²) >= 11 is 0.